The van der Waals surface area contributed by atoms with Gasteiger partial charge in [-0.3, -0.25) is 4.79 Å². The zero-order valence-corrected chi connectivity index (χ0v) is 13.2. The van der Waals surface area contributed by atoms with Gasteiger partial charge >= 0.3 is 12.0 Å². The number of methoxy groups -OCH3 is 2. The van der Waals surface area contributed by atoms with Crippen LogP contribution >= 0.6 is 0 Å². The van der Waals surface area contributed by atoms with Gasteiger partial charge in [-0.25, -0.2) is 0 Å². The van der Waals surface area contributed by atoms with E-state index < -0.39 is 0 Å². The fraction of sp³-hybridized carbons (Fsp3) is 0.438. The standard InChI is InChI=1S/C16H19N3O4/c1-21-13-7-3-5-11(9-13)14-17-16(23-18-14)19-8-4-6-12(10-19)15(20)22-2/h3,5,7,9,12H,4,6,8,10H2,1-2H3/t12-/m0/s1. The Bertz CT molecular complexity index is 685. The maximum atomic E-state index is 11.7. The third-order valence-electron chi connectivity index (χ3n) is 3.97. The Morgan fingerprint density at radius 1 is 1.39 bits per heavy atom. The third-order valence-corrected chi connectivity index (χ3v) is 3.97. The summed E-state index contributed by atoms with van der Waals surface area (Å²) in [5.41, 5.74) is 0.820. The number of aromatic nitrogens is 2. The first kappa shape index (κ1) is 15.3. The molecule has 0 saturated carbocycles. The second-order valence-corrected chi connectivity index (χ2v) is 5.44. The average Bonchev–Trinajstić information content (AvgIpc) is 3.11. The minimum atomic E-state index is -0.192. The Kier molecular flexibility index (Phi) is 4.45. The van der Waals surface area contributed by atoms with Gasteiger partial charge in [0.25, 0.3) is 0 Å². The molecule has 7 heteroatoms. The number of hydrogen-bond acceptors (Lipinski definition) is 7. The third kappa shape index (κ3) is 3.28. The van der Waals surface area contributed by atoms with Crippen molar-refractivity contribution >= 4 is 12.0 Å². The van der Waals surface area contributed by atoms with Gasteiger partial charge in [0.1, 0.15) is 5.75 Å². The number of anilines is 1. The predicted molar refractivity (Wildman–Crippen MR) is 83.2 cm³/mol. The number of nitrogens with zero attached hydrogens (tertiary/aromatic N) is 3. The highest BCUT2D eigenvalue weighted by Crippen LogP contribution is 2.26. The van der Waals surface area contributed by atoms with Crippen LogP contribution in [0.2, 0.25) is 0 Å². The molecule has 0 radical (unpaired) electrons. The Hall–Kier alpha value is -2.57. The number of piperidine rings is 1. The summed E-state index contributed by atoms with van der Waals surface area (Å²) < 4.78 is 15.4. The van der Waals surface area contributed by atoms with E-state index in [9.17, 15) is 4.79 Å². The molecule has 1 saturated heterocycles. The van der Waals surface area contributed by atoms with E-state index in [-0.39, 0.29) is 11.9 Å². The maximum Gasteiger partial charge on any atom is 0.324 e. The van der Waals surface area contributed by atoms with E-state index in [0.29, 0.717) is 18.4 Å². The molecule has 0 unspecified atom stereocenters. The zero-order valence-electron chi connectivity index (χ0n) is 13.2. The number of carbonyl (C=O) groups is 1. The van der Waals surface area contributed by atoms with Gasteiger partial charge in [0, 0.05) is 18.7 Å². The van der Waals surface area contributed by atoms with Crippen LogP contribution in [0.25, 0.3) is 11.4 Å². The molecule has 1 aromatic carbocycles. The lowest BCUT2D eigenvalue weighted by Gasteiger charge is -2.29. The van der Waals surface area contributed by atoms with Crippen LogP contribution in [0, 0.1) is 5.92 Å². The van der Waals surface area contributed by atoms with Gasteiger partial charge in [-0.1, -0.05) is 17.3 Å². The smallest absolute Gasteiger partial charge is 0.324 e. The largest absolute Gasteiger partial charge is 0.497 e. The molecule has 7 nitrogen and oxygen atoms in total. The van der Waals surface area contributed by atoms with Crippen LogP contribution in [0.3, 0.4) is 0 Å². The summed E-state index contributed by atoms with van der Waals surface area (Å²) in [7, 11) is 3.02. The zero-order chi connectivity index (χ0) is 16.2. The Morgan fingerprint density at radius 3 is 3.04 bits per heavy atom. The van der Waals surface area contributed by atoms with Crippen LogP contribution in [0.15, 0.2) is 28.8 Å². The molecule has 1 aliphatic heterocycles. The molecule has 0 bridgehead atoms. The van der Waals surface area contributed by atoms with Gasteiger partial charge in [-0.2, -0.15) is 4.98 Å². The van der Waals surface area contributed by atoms with Crippen molar-refractivity contribution in [3.05, 3.63) is 24.3 Å². The van der Waals surface area contributed by atoms with Crippen molar-refractivity contribution in [2.24, 2.45) is 5.92 Å². The Labute approximate surface area is 134 Å². The fourth-order valence-electron chi connectivity index (χ4n) is 2.73. The summed E-state index contributed by atoms with van der Waals surface area (Å²) in [6.45, 7) is 1.32. The van der Waals surface area contributed by atoms with Crippen molar-refractivity contribution in [2.45, 2.75) is 12.8 Å². The van der Waals surface area contributed by atoms with Gasteiger partial charge < -0.3 is 18.9 Å². The Morgan fingerprint density at radius 2 is 2.26 bits per heavy atom. The van der Waals surface area contributed by atoms with Crippen LogP contribution < -0.4 is 9.64 Å². The second-order valence-electron chi connectivity index (χ2n) is 5.44. The number of ether oxygens (including phenoxy) is 2. The number of benzene rings is 1. The normalized spacial score (nSPS) is 17.8. The molecule has 3 rings (SSSR count). The number of esters is 1. The van der Waals surface area contributed by atoms with Gasteiger partial charge in [-0.05, 0) is 25.0 Å². The highest BCUT2D eigenvalue weighted by molar-refractivity contribution is 5.73. The predicted octanol–water partition coefficient (Wildman–Crippen LogP) is 2.13. The van der Waals surface area contributed by atoms with Gasteiger partial charge in [-0.15, -0.1) is 0 Å². The van der Waals surface area contributed by atoms with E-state index in [1.54, 1.807) is 7.11 Å². The molecule has 1 aromatic heterocycles. The molecule has 23 heavy (non-hydrogen) atoms. The van der Waals surface area contributed by atoms with Crippen LogP contribution in [0.5, 0.6) is 5.75 Å². The molecule has 0 spiro atoms. The van der Waals surface area contributed by atoms with Crippen LogP contribution in [-0.2, 0) is 9.53 Å². The van der Waals surface area contributed by atoms with Gasteiger partial charge in [0.2, 0.25) is 5.82 Å². The summed E-state index contributed by atoms with van der Waals surface area (Å²) in [6, 6.07) is 7.90. The first-order chi connectivity index (χ1) is 11.2. The van der Waals surface area contributed by atoms with Gasteiger partial charge in [0.15, 0.2) is 0 Å². The molecule has 1 aliphatic rings. The summed E-state index contributed by atoms with van der Waals surface area (Å²) in [5, 5.41) is 4.03. The molecular weight excluding hydrogens is 298 g/mol. The highest BCUT2D eigenvalue weighted by atomic mass is 16.5. The monoisotopic (exact) mass is 317 g/mol. The fourth-order valence-corrected chi connectivity index (χ4v) is 2.73. The van der Waals surface area contributed by atoms with Crippen molar-refractivity contribution in [2.75, 3.05) is 32.2 Å². The van der Waals surface area contributed by atoms with Gasteiger partial charge in [0.05, 0.1) is 20.1 Å². The highest BCUT2D eigenvalue weighted by Gasteiger charge is 2.29. The molecule has 1 atom stereocenters. The topological polar surface area (TPSA) is 77.7 Å². The minimum Gasteiger partial charge on any atom is -0.497 e. The van der Waals surface area contributed by atoms with Crippen LogP contribution in [-0.4, -0.2) is 43.4 Å². The van der Waals surface area contributed by atoms with Crippen molar-refractivity contribution in [3.8, 4) is 17.1 Å². The van der Waals surface area contributed by atoms with E-state index in [2.05, 4.69) is 10.1 Å². The maximum absolute atomic E-state index is 11.7. The quantitative estimate of drug-likeness (QED) is 0.799. The lowest BCUT2D eigenvalue weighted by molar-refractivity contribution is -0.145. The van der Waals surface area contributed by atoms with Crippen molar-refractivity contribution in [1.82, 2.24) is 10.1 Å². The molecule has 0 amide bonds. The first-order valence-corrected chi connectivity index (χ1v) is 7.52. The molecule has 0 aliphatic carbocycles. The van der Waals surface area contributed by atoms with Crippen molar-refractivity contribution in [1.29, 1.82) is 0 Å². The molecular formula is C16H19N3O4. The number of hydrogen-bond donors (Lipinski definition) is 0. The van der Waals surface area contributed by atoms with Crippen molar-refractivity contribution < 1.29 is 18.8 Å². The lowest BCUT2D eigenvalue weighted by atomic mass is 9.99. The molecule has 122 valence electrons. The van der Waals surface area contributed by atoms with Crippen LogP contribution in [0.1, 0.15) is 12.8 Å². The minimum absolute atomic E-state index is 0.152. The second kappa shape index (κ2) is 6.68. The van der Waals surface area contributed by atoms with Crippen LogP contribution in [0.4, 0.5) is 6.01 Å². The average molecular weight is 317 g/mol. The molecule has 1 fully saturated rings. The molecule has 2 heterocycles. The van der Waals surface area contributed by atoms with E-state index >= 15 is 0 Å². The summed E-state index contributed by atoms with van der Waals surface area (Å²) in [5.74, 6) is 0.889. The summed E-state index contributed by atoms with van der Waals surface area (Å²) >= 11 is 0. The summed E-state index contributed by atoms with van der Waals surface area (Å²) in [4.78, 5) is 18.1. The van der Waals surface area contributed by atoms with E-state index in [1.807, 2.05) is 29.2 Å². The molecule has 2 aromatic rings. The SMILES string of the molecule is COC(=O)[C@H]1CCCN(c2nc(-c3cccc(OC)c3)no2)C1. The van der Waals surface area contributed by atoms with E-state index in [1.165, 1.54) is 7.11 Å². The van der Waals surface area contributed by atoms with E-state index in [4.69, 9.17) is 14.0 Å². The first-order valence-electron chi connectivity index (χ1n) is 7.52. The van der Waals surface area contributed by atoms with E-state index in [0.717, 1.165) is 30.7 Å². The lowest BCUT2D eigenvalue weighted by Crippen LogP contribution is -2.39. The van der Waals surface area contributed by atoms with Crippen molar-refractivity contribution in [3.63, 3.8) is 0 Å². The number of rotatable bonds is 4. The Balaban J connectivity index is 1.77. The summed E-state index contributed by atoms with van der Waals surface area (Å²) in [6.07, 6.45) is 1.71. The number of carbonyl (C=O) groups excluding carboxylic acids is 1. The molecule has 0 N–H and O–H groups in total.